The van der Waals surface area contributed by atoms with Gasteiger partial charge in [0.15, 0.2) is 0 Å². The lowest BCUT2D eigenvalue weighted by Crippen LogP contribution is -2.59. The molecule has 2 rings (SSSR count). The highest BCUT2D eigenvalue weighted by Gasteiger charge is 2.64. The van der Waals surface area contributed by atoms with Gasteiger partial charge in [0.25, 0.3) is 0 Å². The van der Waals surface area contributed by atoms with Crippen LogP contribution in [0.25, 0.3) is 0 Å². The molecule has 1 heterocycles. The fraction of sp³-hybridized carbons (Fsp3) is 0.688. The number of hydrogen-bond donors (Lipinski definition) is 1. The molecular formula is C16H24N2O3. The number of piperidine rings is 1. The minimum atomic E-state index is -0.497. The molecule has 0 radical (unpaired) electrons. The number of amides is 3. The van der Waals surface area contributed by atoms with Crippen molar-refractivity contribution in [1.82, 2.24) is 10.2 Å². The Morgan fingerprint density at radius 1 is 1.43 bits per heavy atom. The molecule has 116 valence electrons. The number of rotatable bonds is 5. The summed E-state index contributed by atoms with van der Waals surface area (Å²) in [5, 5.41) is 2.66. The fourth-order valence-electron chi connectivity index (χ4n) is 3.60. The lowest BCUT2D eigenvalue weighted by molar-refractivity contribution is -0.167. The van der Waals surface area contributed by atoms with Crippen LogP contribution in [0, 0.1) is 16.7 Å². The van der Waals surface area contributed by atoms with Crippen LogP contribution in [0.3, 0.4) is 0 Å². The summed E-state index contributed by atoms with van der Waals surface area (Å²) in [6, 6.07) is 0. The van der Waals surface area contributed by atoms with Gasteiger partial charge in [0, 0.05) is 25.4 Å². The van der Waals surface area contributed by atoms with E-state index in [1.54, 1.807) is 6.08 Å². The first-order valence-corrected chi connectivity index (χ1v) is 7.49. The Balaban J connectivity index is 2.09. The van der Waals surface area contributed by atoms with Crippen LogP contribution in [0.4, 0.5) is 0 Å². The van der Waals surface area contributed by atoms with E-state index in [4.69, 9.17) is 0 Å². The SMILES string of the molecule is C=CCNC(=O)CCN1C(=O)C2CCC(C)(C1=O)C2(C)C. The van der Waals surface area contributed by atoms with Crippen LogP contribution >= 0.6 is 0 Å². The molecule has 2 atom stereocenters. The minimum Gasteiger partial charge on any atom is -0.353 e. The van der Waals surface area contributed by atoms with E-state index in [9.17, 15) is 14.4 Å². The van der Waals surface area contributed by atoms with E-state index >= 15 is 0 Å². The molecule has 5 nitrogen and oxygen atoms in total. The van der Waals surface area contributed by atoms with Gasteiger partial charge in [0.1, 0.15) is 0 Å². The molecule has 2 bridgehead atoms. The molecule has 1 saturated carbocycles. The van der Waals surface area contributed by atoms with E-state index < -0.39 is 5.41 Å². The van der Waals surface area contributed by atoms with Gasteiger partial charge >= 0.3 is 0 Å². The summed E-state index contributed by atoms with van der Waals surface area (Å²) in [4.78, 5) is 38.2. The van der Waals surface area contributed by atoms with E-state index in [0.29, 0.717) is 6.54 Å². The van der Waals surface area contributed by atoms with Crippen LogP contribution in [0.5, 0.6) is 0 Å². The summed E-state index contributed by atoms with van der Waals surface area (Å²) in [6.45, 7) is 10.1. The van der Waals surface area contributed by atoms with Crippen molar-refractivity contribution >= 4 is 17.7 Å². The predicted molar refractivity (Wildman–Crippen MR) is 79.2 cm³/mol. The molecule has 3 amide bonds. The van der Waals surface area contributed by atoms with Crippen molar-refractivity contribution in [2.45, 2.75) is 40.0 Å². The Labute approximate surface area is 125 Å². The topological polar surface area (TPSA) is 66.5 Å². The molecule has 0 aromatic heterocycles. The van der Waals surface area contributed by atoms with Gasteiger partial charge in [-0.05, 0) is 18.3 Å². The summed E-state index contributed by atoms with van der Waals surface area (Å²) in [7, 11) is 0. The number of nitrogens with one attached hydrogen (secondary N) is 1. The van der Waals surface area contributed by atoms with Gasteiger partial charge < -0.3 is 5.32 Å². The number of carbonyl (C=O) groups is 3. The molecule has 5 heteroatoms. The maximum Gasteiger partial charge on any atom is 0.235 e. The Kier molecular flexibility index (Phi) is 3.95. The van der Waals surface area contributed by atoms with E-state index in [1.165, 1.54) is 4.90 Å². The quantitative estimate of drug-likeness (QED) is 0.616. The first kappa shape index (κ1) is 15.7. The number of nitrogens with zero attached hydrogens (tertiary/aromatic N) is 1. The van der Waals surface area contributed by atoms with Gasteiger partial charge in [0.2, 0.25) is 17.7 Å². The molecular weight excluding hydrogens is 268 g/mol. The van der Waals surface area contributed by atoms with Crippen molar-refractivity contribution in [2.24, 2.45) is 16.7 Å². The molecule has 0 aromatic rings. The lowest BCUT2D eigenvalue weighted by Gasteiger charge is -2.47. The van der Waals surface area contributed by atoms with Crippen molar-refractivity contribution in [1.29, 1.82) is 0 Å². The Hall–Kier alpha value is -1.65. The monoisotopic (exact) mass is 292 g/mol. The number of hydrogen-bond acceptors (Lipinski definition) is 3. The lowest BCUT2D eigenvalue weighted by atomic mass is 9.62. The number of carbonyl (C=O) groups excluding carboxylic acids is 3. The van der Waals surface area contributed by atoms with Crippen molar-refractivity contribution in [3.63, 3.8) is 0 Å². The molecule has 1 N–H and O–H groups in total. The van der Waals surface area contributed by atoms with Crippen LogP contribution < -0.4 is 5.32 Å². The molecule has 2 unspecified atom stereocenters. The van der Waals surface area contributed by atoms with Crippen LogP contribution in [0.2, 0.25) is 0 Å². The highest BCUT2D eigenvalue weighted by Crippen LogP contribution is 2.59. The maximum atomic E-state index is 12.7. The van der Waals surface area contributed by atoms with Gasteiger partial charge in [-0.15, -0.1) is 6.58 Å². The van der Waals surface area contributed by atoms with Gasteiger partial charge in [-0.2, -0.15) is 0 Å². The van der Waals surface area contributed by atoms with Crippen molar-refractivity contribution in [3.05, 3.63) is 12.7 Å². The molecule has 0 spiro atoms. The zero-order valence-corrected chi connectivity index (χ0v) is 13.1. The Bertz CT molecular complexity index is 498. The second-order valence-electron chi connectivity index (χ2n) is 6.78. The summed E-state index contributed by atoms with van der Waals surface area (Å²) < 4.78 is 0. The molecule has 21 heavy (non-hydrogen) atoms. The minimum absolute atomic E-state index is 0.114. The van der Waals surface area contributed by atoms with E-state index in [1.807, 2.05) is 20.8 Å². The number of imide groups is 1. The second kappa shape index (κ2) is 5.28. The third kappa shape index (κ3) is 2.28. The van der Waals surface area contributed by atoms with E-state index in [0.717, 1.165) is 12.8 Å². The average molecular weight is 292 g/mol. The standard InChI is InChI=1S/C16H24N2O3/c1-5-9-17-12(19)7-10-18-13(20)11-6-8-16(4,14(18)21)15(11,2)3/h5,11H,1,6-10H2,2-4H3,(H,17,19). The Morgan fingerprint density at radius 2 is 2.10 bits per heavy atom. The highest BCUT2D eigenvalue weighted by atomic mass is 16.2. The second-order valence-corrected chi connectivity index (χ2v) is 6.78. The van der Waals surface area contributed by atoms with Gasteiger partial charge in [0.05, 0.1) is 5.41 Å². The van der Waals surface area contributed by atoms with Crippen LogP contribution in [0.15, 0.2) is 12.7 Å². The normalized spacial score (nSPS) is 30.4. The van der Waals surface area contributed by atoms with Crippen LogP contribution in [-0.4, -0.2) is 35.7 Å². The summed E-state index contributed by atoms with van der Waals surface area (Å²) in [5.74, 6) is -0.520. The third-order valence-electron chi connectivity index (χ3n) is 5.51. The van der Waals surface area contributed by atoms with E-state index in [-0.39, 0.29) is 42.0 Å². The van der Waals surface area contributed by atoms with Crippen molar-refractivity contribution in [3.8, 4) is 0 Å². The Morgan fingerprint density at radius 3 is 2.71 bits per heavy atom. The van der Waals surface area contributed by atoms with E-state index in [2.05, 4.69) is 11.9 Å². The molecule has 1 saturated heterocycles. The molecule has 1 aliphatic carbocycles. The highest BCUT2D eigenvalue weighted by molar-refractivity contribution is 6.04. The summed E-state index contributed by atoms with van der Waals surface area (Å²) in [5.41, 5.74) is -0.800. The van der Waals surface area contributed by atoms with Gasteiger partial charge in [-0.25, -0.2) is 0 Å². The maximum absolute atomic E-state index is 12.7. The summed E-state index contributed by atoms with van der Waals surface area (Å²) in [6.07, 6.45) is 3.25. The average Bonchev–Trinajstić information content (AvgIpc) is 2.61. The predicted octanol–water partition coefficient (Wildman–Crippen LogP) is 1.49. The molecule has 1 aliphatic heterocycles. The molecule has 2 aliphatic rings. The van der Waals surface area contributed by atoms with Crippen molar-refractivity contribution in [2.75, 3.05) is 13.1 Å². The largest absolute Gasteiger partial charge is 0.353 e. The molecule has 0 aromatic carbocycles. The fourth-order valence-corrected chi connectivity index (χ4v) is 3.60. The van der Waals surface area contributed by atoms with Crippen LogP contribution in [-0.2, 0) is 14.4 Å². The summed E-state index contributed by atoms with van der Waals surface area (Å²) >= 11 is 0. The first-order valence-electron chi connectivity index (χ1n) is 7.49. The molecule has 2 fully saturated rings. The smallest absolute Gasteiger partial charge is 0.235 e. The number of likely N-dealkylation sites (tertiary alicyclic amines) is 1. The van der Waals surface area contributed by atoms with Crippen LogP contribution in [0.1, 0.15) is 40.0 Å². The first-order chi connectivity index (χ1) is 9.75. The zero-order valence-electron chi connectivity index (χ0n) is 13.1. The number of fused-ring (bicyclic) bond motifs is 2. The van der Waals surface area contributed by atoms with Gasteiger partial charge in [-0.3, -0.25) is 19.3 Å². The zero-order chi connectivity index (χ0) is 15.8. The van der Waals surface area contributed by atoms with Crippen molar-refractivity contribution < 1.29 is 14.4 Å². The third-order valence-corrected chi connectivity index (χ3v) is 5.51. The van der Waals surface area contributed by atoms with Gasteiger partial charge in [-0.1, -0.05) is 26.8 Å².